The highest BCUT2D eigenvalue weighted by Gasteiger charge is 2.27. The summed E-state index contributed by atoms with van der Waals surface area (Å²) in [6, 6.07) is 6.18. The van der Waals surface area contributed by atoms with Gasteiger partial charge in [-0.05, 0) is 82.3 Å². The average Bonchev–Trinajstić information content (AvgIpc) is 3.15. The molecule has 0 saturated carbocycles. The highest BCUT2D eigenvalue weighted by atomic mass is 16.5. The predicted molar refractivity (Wildman–Crippen MR) is 101 cm³/mol. The van der Waals surface area contributed by atoms with Crippen molar-refractivity contribution in [3.05, 3.63) is 23.8 Å². The van der Waals surface area contributed by atoms with E-state index < -0.39 is 0 Å². The van der Waals surface area contributed by atoms with E-state index in [0.29, 0.717) is 6.04 Å². The molecule has 5 nitrogen and oxygen atoms in total. The van der Waals surface area contributed by atoms with Gasteiger partial charge in [0.25, 0.3) is 0 Å². The highest BCUT2D eigenvalue weighted by molar-refractivity contribution is 5.90. The predicted octanol–water partition coefficient (Wildman–Crippen LogP) is 3.88. The van der Waals surface area contributed by atoms with E-state index in [1.54, 1.807) is 7.11 Å². The van der Waals surface area contributed by atoms with E-state index in [4.69, 9.17) is 4.74 Å². The monoisotopic (exact) mass is 345 g/mol. The van der Waals surface area contributed by atoms with E-state index in [1.807, 2.05) is 25.1 Å². The highest BCUT2D eigenvalue weighted by Crippen LogP contribution is 2.25. The molecule has 25 heavy (non-hydrogen) atoms. The number of methoxy groups -OCH3 is 1. The molecule has 0 aliphatic carbocycles. The van der Waals surface area contributed by atoms with E-state index in [2.05, 4.69) is 15.1 Å². The van der Waals surface area contributed by atoms with Gasteiger partial charge in [0.2, 0.25) is 0 Å². The quantitative estimate of drug-likeness (QED) is 0.881. The smallest absolute Gasteiger partial charge is 0.322 e. The molecule has 0 radical (unpaired) electrons. The van der Waals surface area contributed by atoms with E-state index in [1.165, 1.54) is 32.4 Å². The van der Waals surface area contributed by atoms with Gasteiger partial charge in [0.15, 0.2) is 0 Å². The number of amides is 2. The first-order valence-electron chi connectivity index (χ1n) is 9.62. The molecular formula is C20H31N3O2. The van der Waals surface area contributed by atoms with Gasteiger partial charge in [0.1, 0.15) is 5.75 Å². The number of urea groups is 1. The fourth-order valence-electron chi connectivity index (χ4n) is 4.00. The maximum absolute atomic E-state index is 12.9. The number of rotatable bonds is 5. The SMILES string of the molecule is COc1ccc(NC(=O)N2CCCCC2CCN2CCCC2)c(C)c1. The summed E-state index contributed by atoms with van der Waals surface area (Å²) in [6.45, 7) is 6.44. The summed E-state index contributed by atoms with van der Waals surface area (Å²) in [6.07, 6.45) is 7.21. The summed E-state index contributed by atoms with van der Waals surface area (Å²) in [7, 11) is 1.66. The van der Waals surface area contributed by atoms with Gasteiger partial charge in [-0.2, -0.15) is 0 Å². The van der Waals surface area contributed by atoms with Crippen LogP contribution in [0.5, 0.6) is 5.75 Å². The molecule has 1 aromatic rings. The standard InChI is InChI=1S/C20H31N3O2/c1-16-15-18(25-2)8-9-19(16)21-20(24)23-13-4-3-7-17(23)10-14-22-11-5-6-12-22/h8-9,15,17H,3-7,10-14H2,1-2H3,(H,21,24). The zero-order chi connectivity index (χ0) is 17.6. The first kappa shape index (κ1) is 18.1. The number of hydrogen-bond donors (Lipinski definition) is 1. The summed E-state index contributed by atoms with van der Waals surface area (Å²) < 4.78 is 5.24. The Balaban J connectivity index is 1.59. The summed E-state index contributed by atoms with van der Waals surface area (Å²) in [5.74, 6) is 0.817. The molecule has 138 valence electrons. The zero-order valence-electron chi connectivity index (χ0n) is 15.6. The van der Waals surface area contributed by atoms with Crippen LogP contribution < -0.4 is 10.1 Å². The molecule has 2 aliphatic heterocycles. The van der Waals surface area contributed by atoms with Crippen LogP contribution in [-0.4, -0.2) is 55.2 Å². The number of nitrogens with zero attached hydrogens (tertiary/aromatic N) is 2. The van der Waals surface area contributed by atoms with Crippen molar-refractivity contribution in [1.82, 2.24) is 9.80 Å². The summed E-state index contributed by atoms with van der Waals surface area (Å²) in [4.78, 5) is 17.4. The van der Waals surface area contributed by atoms with E-state index >= 15 is 0 Å². The van der Waals surface area contributed by atoms with E-state index in [-0.39, 0.29) is 6.03 Å². The molecule has 2 aliphatic rings. The van der Waals surface area contributed by atoms with Crippen LogP contribution in [0.4, 0.5) is 10.5 Å². The molecular weight excluding hydrogens is 314 g/mol. The Bertz CT molecular complexity index is 584. The Kier molecular flexibility index (Phi) is 6.19. The van der Waals surface area contributed by atoms with Crippen molar-refractivity contribution in [2.45, 2.75) is 51.5 Å². The van der Waals surface area contributed by atoms with Gasteiger partial charge in [-0.25, -0.2) is 4.79 Å². The van der Waals surface area contributed by atoms with Gasteiger partial charge < -0.3 is 19.9 Å². The molecule has 1 aromatic carbocycles. The lowest BCUT2D eigenvalue weighted by Gasteiger charge is -2.36. The number of carbonyl (C=O) groups excluding carboxylic acids is 1. The first-order valence-corrected chi connectivity index (χ1v) is 9.62. The number of ether oxygens (including phenoxy) is 1. The van der Waals surface area contributed by atoms with Crippen molar-refractivity contribution < 1.29 is 9.53 Å². The second-order valence-electron chi connectivity index (χ2n) is 7.29. The maximum Gasteiger partial charge on any atom is 0.322 e. The van der Waals surface area contributed by atoms with Crippen molar-refractivity contribution in [1.29, 1.82) is 0 Å². The molecule has 1 unspecified atom stereocenters. The van der Waals surface area contributed by atoms with Crippen LogP contribution in [-0.2, 0) is 0 Å². The van der Waals surface area contributed by atoms with E-state index in [0.717, 1.165) is 49.4 Å². The van der Waals surface area contributed by atoms with Crippen molar-refractivity contribution in [2.75, 3.05) is 38.6 Å². The molecule has 5 heteroatoms. The van der Waals surface area contributed by atoms with Gasteiger partial charge in [0.05, 0.1) is 7.11 Å². The first-order chi connectivity index (χ1) is 12.2. The van der Waals surface area contributed by atoms with Gasteiger partial charge in [0, 0.05) is 24.8 Å². The number of carbonyl (C=O) groups is 1. The number of hydrogen-bond acceptors (Lipinski definition) is 3. The Hall–Kier alpha value is -1.75. The normalized spacial score (nSPS) is 21.4. The number of piperidine rings is 1. The molecule has 0 aromatic heterocycles. The largest absolute Gasteiger partial charge is 0.497 e. The zero-order valence-corrected chi connectivity index (χ0v) is 15.6. The lowest BCUT2D eigenvalue weighted by Crippen LogP contribution is -2.47. The number of anilines is 1. The third-order valence-corrected chi connectivity index (χ3v) is 5.54. The minimum absolute atomic E-state index is 0.0411. The van der Waals surface area contributed by atoms with Crippen molar-refractivity contribution in [3.8, 4) is 5.75 Å². The second kappa shape index (κ2) is 8.56. The molecule has 2 fully saturated rings. The third-order valence-electron chi connectivity index (χ3n) is 5.54. The van der Waals surface area contributed by atoms with Gasteiger partial charge in [-0.1, -0.05) is 0 Å². The number of nitrogens with one attached hydrogen (secondary N) is 1. The Morgan fingerprint density at radius 3 is 2.68 bits per heavy atom. The molecule has 2 heterocycles. The van der Waals surface area contributed by atoms with Crippen LogP contribution in [0.1, 0.15) is 44.1 Å². The topological polar surface area (TPSA) is 44.8 Å². The minimum Gasteiger partial charge on any atom is -0.497 e. The van der Waals surface area contributed by atoms with Gasteiger partial charge in [-0.15, -0.1) is 0 Å². The summed E-state index contributed by atoms with van der Waals surface area (Å²) in [5.41, 5.74) is 1.90. The Morgan fingerprint density at radius 2 is 1.96 bits per heavy atom. The van der Waals surface area contributed by atoms with Crippen molar-refractivity contribution in [3.63, 3.8) is 0 Å². The van der Waals surface area contributed by atoms with Crippen LogP contribution in [0, 0.1) is 6.92 Å². The minimum atomic E-state index is 0.0411. The van der Waals surface area contributed by atoms with E-state index in [9.17, 15) is 4.79 Å². The third kappa shape index (κ3) is 4.66. The number of aryl methyl sites for hydroxylation is 1. The second-order valence-corrected chi connectivity index (χ2v) is 7.29. The average molecular weight is 345 g/mol. The number of benzene rings is 1. The lowest BCUT2D eigenvalue weighted by atomic mass is 9.99. The van der Waals surface area contributed by atoms with Gasteiger partial charge >= 0.3 is 6.03 Å². The lowest BCUT2D eigenvalue weighted by molar-refractivity contribution is 0.149. The summed E-state index contributed by atoms with van der Waals surface area (Å²) in [5, 5.41) is 3.11. The van der Waals surface area contributed by atoms with Crippen LogP contribution in [0.2, 0.25) is 0 Å². The molecule has 3 rings (SSSR count). The van der Waals surface area contributed by atoms with Crippen molar-refractivity contribution in [2.24, 2.45) is 0 Å². The fraction of sp³-hybridized carbons (Fsp3) is 0.650. The van der Waals surface area contributed by atoms with Crippen molar-refractivity contribution >= 4 is 11.7 Å². The summed E-state index contributed by atoms with van der Waals surface area (Å²) >= 11 is 0. The number of likely N-dealkylation sites (tertiary alicyclic amines) is 2. The molecule has 0 spiro atoms. The van der Waals surface area contributed by atoms with Crippen LogP contribution in [0.15, 0.2) is 18.2 Å². The maximum atomic E-state index is 12.9. The van der Waals surface area contributed by atoms with Crippen LogP contribution in [0.25, 0.3) is 0 Å². The van der Waals surface area contributed by atoms with Gasteiger partial charge in [-0.3, -0.25) is 0 Å². The molecule has 0 bridgehead atoms. The molecule has 1 atom stereocenters. The Morgan fingerprint density at radius 1 is 1.20 bits per heavy atom. The fourth-order valence-corrected chi connectivity index (χ4v) is 4.00. The van der Waals surface area contributed by atoms with Crippen LogP contribution >= 0.6 is 0 Å². The molecule has 1 N–H and O–H groups in total. The van der Waals surface area contributed by atoms with Crippen LogP contribution in [0.3, 0.4) is 0 Å². The molecule has 2 saturated heterocycles. The molecule has 2 amide bonds. The Labute approximate surface area is 151 Å².